The molecule has 64 valence electrons. The van der Waals surface area contributed by atoms with Gasteiger partial charge in [0.25, 0.3) is 0 Å². The third kappa shape index (κ3) is 5.33. The van der Waals surface area contributed by atoms with Crippen LogP contribution in [0.4, 0.5) is 0 Å². The number of rotatable bonds is 4. The van der Waals surface area contributed by atoms with Crippen molar-refractivity contribution in [2.45, 2.75) is 13.8 Å². The van der Waals surface area contributed by atoms with Crippen molar-refractivity contribution in [2.24, 2.45) is 0 Å². The molecule has 0 spiro atoms. The average Bonchev–Trinajstić information content (AvgIpc) is 1.87. The van der Waals surface area contributed by atoms with Crippen molar-refractivity contribution in [3.63, 3.8) is 0 Å². The first kappa shape index (κ1) is 9.88. The molecule has 0 unspecified atom stereocenters. The van der Waals surface area contributed by atoms with Crippen molar-refractivity contribution in [1.29, 1.82) is 0 Å². The van der Waals surface area contributed by atoms with Gasteiger partial charge in [-0.15, -0.1) is 0 Å². The van der Waals surface area contributed by atoms with Gasteiger partial charge in [0.2, 0.25) is 0 Å². The number of ether oxygens (including phenoxy) is 3. The lowest BCUT2D eigenvalue weighted by Gasteiger charge is -2.04. The highest BCUT2D eigenvalue weighted by atomic mass is 16.5. The van der Waals surface area contributed by atoms with Crippen LogP contribution in [0.25, 0.3) is 0 Å². The predicted octanol–water partition coefficient (Wildman–Crippen LogP) is 2.02. The van der Waals surface area contributed by atoms with E-state index in [9.17, 15) is 0 Å². The minimum atomic E-state index is 0.693. The Hall–Kier alpha value is -1.12. The maximum absolute atomic E-state index is 5.20. The smallest absolute Gasteiger partial charge is 0.135 e. The maximum Gasteiger partial charge on any atom is 0.135 e. The molecule has 0 saturated carbocycles. The van der Waals surface area contributed by atoms with E-state index in [1.165, 1.54) is 12.5 Å². The molecular weight excluding hydrogens is 144 g/mol. The fourth-order valence-electron chi connectivity index (χ4n) is 0.634. The Balaban J connectivity index is 3.84. The van der Waals surface area contributed by atoms with Crippen LogP contribution in [-0.4, -0.2) is 14.2 Å². The lowest BCUT2D eigenvalue weighted by atomic mass is 10.6. The summed E-state index contributed by atoms with van der Waals surface area (Å²) < 4.78 is 14.7. The highest BCUT2D eigenvalue weighted by Crippen LogP contribution is 2.04. The second-order valence-corrected chi connectivity index (χ2v) is 2.03. The van der Waals surface area contributed by atoms with E-state index in [4.69, 9.17) is 14.2 Å². The molecule has 0 amide bonds. The average molecular weight is 158 g/mol. The minimum absolute atomic E-state index is 0.693. The Morgan fingerprint density at radius 2 is 1.27 bits per heavy atom. The van der Waals surface area contributed by atoms with Crippen LogP contribution in [0, 0.1) is 0 Å². The van der Waals surface area contributed by atoms with Crippen LogP contribution < -0.4 is 0 Å². The van der Waals surface area contributed by atoms with E-state index in [-0.39, 0.29) is 0 Å². The Morgan fingerprint density at radius 3 is 1.55 bits per heavy atom. The van der Waals surface area contributed by atoms with E-state index >= 15 is 0 Å². The van der Waals surface area contributed by atoms with Crippen molar-refractivity contribution < 1.29 is 14.2 Å². The van der Waals surface area contributed by atoms with Crippen molar-refractivity contribution in [2.75, 3.05) is 14.2 Å². The predicted molar refractivity (Wildman–Crippen MR) is 42.6 cm³/mol. The molecule has 0 saturated heterocycles. The molecule has 0 N–H and O–H groups in total. The van der Waals surface area contributed by atoms with Gasteiger partial charge in [-0.05, 0) is 13.8 Å². The molecule has 0 radical (unpaired) electrons. The van der Waals surface area contributed by atoms with Crippen LogP contribution in [0.2, 0.25) is 0 Å². The standard InChI is InChI=1S/C8H14O3/c1-7(5-9-3)11-8(2)6-10-4/h5-6H,1-4H3. The zero-order valence-electron chi connectivity index (χ0n) is 7.38. The quantitative estimate of drug-likeness (QED) is 0.586. The fraction of sp³-hybridized carbons (Fsp3) is 0.500. The summed E-state index contributed by atoms with van der Waals surface area (Å²) in [6.45, 7) is 3.60. The first-order valence-electron chi connectivity index (χ1n) is 3.27. The van der Waals surface area contributed by atoms with E-state index in [2.05, 4.69) is 0 Å². The molecule has 0 aromatic rings. The summed E-state index contributed by atoms with van der Waals surface area (Å²) in [5, 5.41) is 0. The van der Waals surface area contributed by atoms with Crippen LogP contribution in [0.1, 0.15) is 13.8 Å². The van der Waals surface area contributed by atoms with Gasteiger partial charge < -0.3 is 14.2 Å². The number of hydrogen-bond acceptors (Lipinski definition) is 3. The largest absolute Gasteiger partial charge is 0.501 e. The molecule has 3 nitrogen and oxygen atoms in total. The van der Waals surface area contributed by atoms with E-state index < -0.39 is 0 Å². The summed E-state index contributed by atoms with van der Waals surface area (Å²) in [6.07, 6.45) is 3.04. The minimum Gasteiger partial charge on any atom is -0.501 e. The van der Waals surface area contributed by atoms with Crippen LogP contribution in [0.15, 0.2) is 24.0 Å². The summed E-state index contributed by atoms with van der Waals surface area (Å²) in [5.74, 6) is 1.39. The summed E-state index contributed by atoms with van der Waals surface area (Å²) in [6, 6.07) is 0. The van der Waals surface area contributed by atoms with Gasteiger partial charge in [-0.3, -0.25) is 0 Å². The van der Waals surface area contributed by atoms with Gasteiger partial charge in [0.1, 0.15) is 24.0 Å². The van der Waals surface area contributed by atoms with Crippen LogP contribution in [0.3, 0.4) is 0 Å². The van der Waals surface area contributed by atoms with Gasteiger partial charge in [0, 0.05) is 0 Å². The third-order valence-electron chi connectivity index (χ3n) is 0.890. The van der Waals surface area contributed by atoms with Gasteiger partial charge in [-0.2, -0.15) is 0 Å². The van der Waals surface area contributed by atoms with Crippen molar-refractivity contribution in [1.82, 2.24) is 0 Å². The molecule has 0 rings (SSSR count). The number of methoxy groups -OCH3 is 2. The van der Waals surface area contributed by atoms with Gasteiger partial charge in [0.15, 0.2) is 0 Å². The van der Waals surface area contributed by atoms with Crippen LogP contribution in [-0.2, 0) is 14.2 Å². The Bertz CT molecular complexity index is 141. The Kier molecular flexibility index (Phi) is 5.07. The first-order valence-corrected chi connectivity index (χ1v) is 3.27. The fourth-order valence-corrected chi connectivity index (χ4v) is 0.634. The zero-order valence-corrected chi connectivity index (χ0v) is 7.38. The van der Waals surface area contributed by atoms with E-state index in [1.807, 2.05) is 0 Å². The molecule has 11 heavy (non-hydrogen) atoms. The molecule has 0 atom stereocenters. The van der Waals surface area contributed by atoms with Crippen LogP contribution in [0.5, 0.6) is 0 Å². The highest BCUT2D eigenvalue weighted by Gasteiger charge is 1.91. The SMILES string of the molecule is COC=C(C)OC(C)=COC. The van der Waals surface area contributed by atoms with E-state index in [0.29, 0.717) is 11.5 Å². The molecule has 0 aliphatic rings. The molecule has 0 aliphatic carbocycles. The zero-order chi connectivity index (χ0) is 8.69. The second-order valence-electron chi connectivity index (χ2n) is 2.03. The van der Waals surface area contributed by atoms with Crippen LogP contribution >= 0.6 is 0 Å². The third-order valence-corrected chi connectivity index (χ3v) is 0.890. The number of hydrogen-bond donors (Lipinski definition) is 0. The molecular formula is C8H14O3. The first-order chi connectivity index (χ1) is 5.20. The molecule has 0 bridgehead atoms. The van der Waals surface area contributed by atoms with Gasteiger partial charge in [-0.1, -0.05) is 0 Å². The summed E-state index contributed by atoms with van der Waals surface area (Å²) in [4.78, 5) is 0. The summed E-state index contributed by atoms with van der Waals surface area (Å²) in [7, 11) is 3.14. The summed E-state index contributed by atoms with van der Waals surface area (Å²) >= 11 is 0. The van der Waals surface area contributed by atoms with E-state index in [0.717, 1.165) is 0 Å². The molecule has 0 aromatic carbocycles. The maximum atomic E-state index is 5.20. The van der Waals surface area contributed by atoms with Gasteiger partial charge >= 0.3 is 0 Å². The van der Waals surface area contributed by atoms with Crippen molar-refractivity contribution >= 4 is 0 Å². The van der Waals surface area contributed by atoms with Gasteiger partial charge in [-0.25, -0.2) is 0 Å². The number of allylic oxidation sites excluding steroid dienone is 2. The monoisotopic (exact) mass is 158 g/mol. The Morgan fingerprint density at radius 1 is 0.909 bits per heavy atom. The molecule has 0 heterocycles. The molecule has 0 aromatic heterocycles. The topological polar surface area (TPSA) is 27.7 Å². The highest BCUT2D eigenvalue weighted by molar-refractivity contribution is 4.91. The summed E-state index contributed by atoms with van der Waals surface area (Å²) in [5.41, 5.74) is 0. The molecule has 3 heteroatoms. The Labute approximate surface area is 67.3 Å². The lowest BCUT2D eigenvalue weighted by molar-refractivity contribution is 0.238. The second kappa shape index (κ2) is 5.65. The normalized spacial score (nSPS) is 12.7. The van der Waals surface area contributed by atoms with E-state index in [1.54, 1.807) is 28.1 Å². The van der Waals surface area contributed by atoms with Gasteiger partial charge in [0.05, 0.1) is 14.2 Å². The van der Waals surface area contributed by atoms with Crippen molar-refractivity contribution in [3.8, 4) is 0 Å². The molecule has 0 fully saturated rings. The lowest BCUT2D eigenvalue weighted by Crippen LogP contribution is -1.87. The molecule has 0 aliphatic heterocycles. The van der Waals surface area contributed by atoms with Crippen molar-refractivity contribution in [3.05, 3.63) is 24.0 Å².